The Balaban J connectivity index is 2.88. The second-order valence-electron chi connectivity index (χ2n) is 4.47. The zero-order chi connectivity index (χ0) is 13.7. The van der Waals surface area contributed by atoms with E-state index in [0.717, 1.165) is 6.07 Å². The largest absolute Gasteiger partial charge is 0.480 e. The number of carbonyl (C=O) groups is 1. The Kier molecular flexibility index (Phi) is 4.67. The van der Waals surface area contributed by atoms with Gasteiger partial charge in [-0.25, -0.2) is 9.18 Å². The lowest BCUT2D eigenvalue weighted by Gasteiger charge is -2.18. The summed E-state index contributed by atoms with van der Waals surface area (Å²) in [5.74, 6) is -1.46. The van der Waals surface area contributed by atoms with Gasteiger partial charge in [-0.15, -0.1) is 0 Å². The molecule has 1 rings (SSSR count). The number of hydrogen-bond donors (Lipinski definition) is 2. The average molecular weight is 250 g/mol. The molecule has 5 heteroatoms. The molecule has 0 spiro atoms. The van der Waals surface area contributed by atoms with Gasteiger partial charge in [-0.3, -0.25) is 0 Å². The van der Waals surface area contributed by atoms with Crippen LogP contribution in [0.1, 0.15) is 25.8 Å². The van der Waals surface area contributed by atoms with E-state index in [0.29, 0.717) is 6.42 Å². The Morgan fingerprint density at radius 3 is 2.67 bits per heavy atom. The lowest BCUT2D eigenvalue weighted by Crippen LogP contribution is -2.31. The van der Waals surface area contributed by atoms with Crippen molar-refractivity contribution in [3.8, 4) is 6.07 Å². The van der Waals surface area contributed by atoms with Crippen molar-refractivity contribution < 1.29 is 14.3 Å². The van der Waals surface area contributed by atoms with Crippen molar-refractivity contribution in [1.29, 1.82) is 5.26 Å². The third kappa shape index (κ3) is 3.74. The molecule has 0 unspecified atom stereocenters. The van der Waals surface area contributed by atoms with Crippen molar-refractivity contribution in [2.24, 2.45) is 5.92 Å². The maximum absolute atomic E-state index is 13.6. The summed E-state index contributed by atoms with van der Waals surface area (Å²) in [6, 6.07) is 4.88. The summed E-state index contributed by atoms with van der Waals surface area (Å²) < 4.78 is 13.6. The number of hydrogen-bond acceptors (Lipinski definition) is 3. The molecule has 0 amide bonds. The van der Waals surface area contributed by atoms with Crippen LogP contribution in [0.2, 0.25) is 0 Å². The number of rotatable bonds is 5. The van der Waals surface area contributed by atoms with Crippen LogP contribution in [-0.2, 0) is 4.79 Å². The smallest absolute Gasteiger partial charge is 0.326 e. The van der Waals surface area contributed by atoms with Crippen LogP contribution in [0.15, 0.2) is 18.2 Å². The van der Waals surface area contributed by atoms with Crippen LogP contribution >= 0.6 is 0 Å². The van der Waals surface area contributed by atoms with Gasteiger partial charge in [0, 0.05) is 0 Å². The van der Waals surface area contributed by atoms with Crippen molar-refractivity contribution in [1.82, 2.24) is 0 Å². The van der Waals surface area contributed by atoms with Gasteiger partial charge in [0.15, 0.2) is 0 Å². The molecule has 96 valence electrons. The Morgan fingerprint density at radius 1 is 1.56 bits per heavy atom. The fourth-order valence-corrected chi connectivity index (χ4v) is 1.58. The summed E-state index contributed by atoms with van der Waals surface area (Å²) in [5.41, 5.74) is 0.302. The van der Waals surface area contributed by atoms with Crippen molar-refractivity contribution >= 4 is 11.7 Å². The van der Waals surface area contributed by atoms with Gasteiger partial charge in [-0.2, -0.15) is 5.26 Å². The third-order valence-corrected chi connectivity index (χ3v) is 2.43. The van der Waals surface area contributed by atoms with E-state index < -0.39 is 17.8 Å². The molecule has 0 saturated heterocycles. The molecular weight excluding hydrogens is 235 g/mol. The predicted octanol–water partition coefficient (Wildman–Crippen LogP) is 2.61. The molecule has 2 N–H and O–H groups in total. The minimum atomic E-state index is -1.02. The SMILES string of the molecule is CC(C)C[C@H](Nc1ccc(C#N)cc1F)C(=O)O. The standard InChI is InChI=1S/C13H15FN2O2/c1-8(2)5-12(13(17)18)16-11-4-3-9(7-15)6-10(11)14/h3-4,6,8,12,16H,5H2,1-2H3,(H,17,18)/t12-/m0/s1. The number of benzene rings is 1. The molecule has 1 atom stereocenters. The van der Waals surface area contributed by atoms with E-state index in [4.69, 9.17) is 10.4 Å². The van der Waals surface area contributed by atoms with Crippen LogP contribution in [0.4, 0.5) is 10.1 Å². The number of carboxylic acid groups (broad SMARTS) is 1. The van der Waals surface area contributed by atoms with Crippen molar-refractivity contribution in [3.05, 3.63) is 29.6 Å². The van der Waals surface area contributed by atoms with Crippen LogP contribution in [0, 0.1) is 23.1 Å². The molecule has 4 nitrogen and oxygen atoms in total. The van der Waals surface area contributed by atoms with Crippen molar-refractivity contribution in [2.75, 3.05) is 5.32 Å². The fourth-order valence-electron chi connectivity index (χ4n) is 1.58. The molecule has 0 radical (unpaired) electrons. The minimum absolute atomic E-state index is 0.0991. The summed E-state index contributed by atoms with van der Waals surface area (Å²) in [7, 11) is 0. The quantitative estimate of drug-likeness (QED) is 0.842. The second kappa shape index (κ2) is 6.01. The normalized spacial score (nSPS) is 11.9. The number of anilines is 1. The Hall–Kier alpha value is -2.09. The van der Waals surface area contributed by atoms with E-state index >= 15 is 0 Å². The monoisotopic (exact) mass is 250 g/mol. The molecule has 0 aliphatic heterocycles. The second-order valence-corrected chi connectivity index (χ2v) is 4.47. The van der Waals surface area contributed by atoms with Crippen LogP contribution in [0.25, 0.3) is 0 Å². The Morgan fingerprint density at radius 2 is 2.22 bits per heavy atom. The van der Waals surface area contributed by atoms with E-state index in [2.05, 4.69) is 5.32 Å². The molecular formula is C13H15FN2O2. The highest BCUT2D eigenvalue weighted by atomic mass is 19.1. The Bertz CT molecular complexity index is 480. The molecule has 0 aliphatic carbocycles. The third-order valence-electron chi connectivity index (χ3n) is 2.43. The molecule has 18 heavy (non-hydrogen) atoms. The maximum Gasteiger partial charge on any atom is 0.326 e. The lowest BCUT2D eigenvalue weighted by molar-refractivity contribution is -0.138. The van der Waals surface area contributed by atoms with E-state index in [1.165, 1.54) is 12.1 Å². The van der Waals surface area contributed by atoms with E-state index in [9.17, 15) is 9.18 Å². The van der Waals surface area contributed by atoms with Crippen LogP contribution in [0.3, 0.4) is 0 Å². The summed E-state index contributed by atoms with van der Waals surface area (Å²) in [6.07, 6.45) is 0.398. The highest BCUT2D eigenvalue weighted by Gasteiger charge is 2.19. The van der Waals surface area contributed by atoms with Gasteiger partial charge >= 0.3 is 5.97 Å². The number of nitriles is 1. The van der Waals surface area contributed by atoms with Gasteiger partial charge in [-0.1, -0.05) is 13.8 Å². The van der Waals surface area contributed by atoms with Crippen molar-refractivity contribution in [3.63, 3.8) is 0 Å². The predicted molar refractivity (Wildman–Crippen MR) is 65.6 cm³/mol. The molecule has 0 fully saturated rings. The maximum atomic E-state index is 13.6. The van der Waals surface area contributed by atoms with Gasteiger partial charge in [-0.05, 0) is 30.5 Å². The number of nitrogens with zero attached hydrogens (tertiary/aromatic N) is 1. The molecule has 0 aromatic heterocycles. The molecule has 0 heterocycles. The first-order valence-corrected chi connectivity index (χ1v) is 5.63. The number of halogens is 1. The highest BCUT2D eigenvalue weighted by Crippen LogP contribution is 2.18. The number of carboxylic acids is 1. The van der Waals surface area contributed by atoms with Gasteiger partial charge in [0.2, 0.25) is 0 Å². The molecule has 1 aromatic rings. The van der Waals surface area contributed by atoms with E-state index in [1.54, 1.807) is 0 Å². The topological polar surface area (TPSA) is 73.1 Å². The van der Waals surface area contributed by atoms with E-state index in [1.807, 2.05) is 19.9 Å². The van der Waals surface area contributed by atoms with Gasteiger partial charge in [0.1, 0.15) is 11.9 Å². The molecule has 1 aromatic carbocycles. The van der Waals surface area contributed by atoms with Gasteiger partial charge in [0.05, 0.1) is 17.3 Å². The van der Waals surface area contributed by atoms with E-state index in [-0.39, 0.29) is 17.2 Å². The first-order valence-electron chi connectivity index (χ1n) is 5.63. The highest BCUT2D eigenvalue weighted by molar-refractivity contribution is 5.77. The number of aliphatic carboxylic acids is 1. The van der Waals surface area contributed by atoms with Crippen LogP contribution in [-0.4, -0.2) is 17.1 Å². The molecule has 0 saturated carbocycles. The van der Waals surface area contributed by atoms with Crippen LogP contribution in [0.5, 0.6) is 0 Å². The summed E-state index contributed by atoms with van der Waals surface area (Å²) in [4.78, 5) is 11.0. The summed E-state index contributed by atoms with van der Waals surface area (Å²) in [5, 5.41) is 20.3. The number of nitrogens with one attached hydrogen (secondary N) is 1. The Labute approximate surface area is 105 Å². The average Bonchev–Trinajstić information content (AvgIpc) is 2.29. The fraction of sp³-hybridized carbons (Fsp3) is 0.385. The van der Waals surface area contributed by atoms with Crippen molar-refractivity contribution in [2.45, 2.75) is 26.3 Å². The zero-order valence-corrected chi connectivity index (χ0v) is 10.3. The first kappa shape index (κ1) is 14.0. The lowest BCUT2D eigenvalue weighted by atomic mass is 10.0. The summed E-state index contributed by atoms with van der Waals surface area (Å²) in [6.45, 7) is 3.79. The molecule has 0 bridgehead atoms. The zero-order valence-electron chi connectivity index (χ0n) is 10.3. The summed E-state index contributed by atoms with van der Waals surface area (Å²) >= 11 is 0. The first-order chi connectivity index (χ1) is 8.43. The van der Waals surface area contributed by atoms with Crippen LogP contribution < -0.4 is 5.32 Å². The minimum Gasteiger partial charge on any atom is -0.480 e. The molecule has 0 aliphatic rings. The van der Waals surface area contributed by atoms with Gasteiger partial charge in [0.25, 0.3) is 0 Å². The van der Waals surface area contributed by atoms with Gasteiger partial charge < -0.3 is 10.4 Å².